The Morgan fingerprint density at radius 3 is 2.39 bits per heavy atom. The topological polar surface area (TPSA) is 73.2 Å². The Morgan fingerprint density at radius 1 is 0.968 bits per heavy atom. The van der Waals surface area contributed by atoms with Crippen molar-refractivity contribution in [2.24, 2.45) is 0 Å². The molecule has 4 rings (SSSR count). The SMILES string of the molecule is CCOc1ccc(S(=O)(=O)NCc2nc3ccccc3n2Cc2ccc(C)cc2)cc1. The molecule has 0 spiro atoms. The first-order chi connectivity index (χ1) is 15.0. The number of aryl methyl sites for hydroxylation is 1. The zero-order chi connectivity index (χ0) is 21.8. The van der Waals surface area contributed by atoms with Gasteiger partial charge in [-0.25, -0.2) is 18.1 Å². The molecule has 0 unspecified atom stereocenters. The first-order valence-electron chi connectivity index (χ1n) is 10.2. The van der Waals surface area contributed by atoms with Gasteiger partial charge in [0.1, 0.15) is 11.6 Å². The van der Waals surface area contributed by atoms with Gasteiger partial charge in [0.25, 0.3) is 0 Å². The van der Waals surface area contributed by atoms with E-state index in [2.05, 4.69) is 45.5 Å². The predicted molar refractivity (Wildman–Crippen MR) is 122 cm³/mol. The van der Waals surface area contributed by atoms with Gasteiger partial charge in [-0.15, -0.1) is 0 Å². The van der Waals surface area contributed by atoms with Crippen LogP contribution in [0.2, 0.25) is 0 Å². The van der Waals surface area contributed by atoms with Crippen LogP contribution in [0.5, 0.6) is 5.75 Å². The van der Waals surface area contributed by atoms with Crippen LogP contribution in [0.3, 0.4) is 0 Å². The van der Waals surface area contributed by atoms with Crippen molar-refractivity contribution in [1.29, 1.82) is 0 Å². The second-order valence-corrected chi connectivity index (χ2v) is 9.08. The number of nitrogens with one attached hydrogen (secondary N) is 1. The van der Waals surface area contributed by atoms with Gasteiger partial charge in [0.2, 0.25) is 10.0 Å². The summed E-state index contributed by atoms with van der Waals surface area (Å²) >= 11 is 0. The molecule has 0 fully saturated rings. The van der Waals surface area contributed by atoms with Crippen molar-refractivity contribution in [3.8, 4) is 5.75 Å². The number of benzene rings is 3. The smallest absolute Gasteiger partial charge is 0.240 e. The van der Waals surface area contributed by atoms with Gasteiger partial charge in [-0.05, 0) is 55.8 Å². The fraction of sp³-hybridized carbons (Fsp3) is 0.208. The molecule has 7 heteroatoms. The highest BCUT2D eigenvalue weighted by atomic mass is 32.2. The standard InChI is InChI=1S/C24H25N3O3S/c1-3-30-20-12-14-21(15-13-20)31(28,29)25-16-24-26-22-6-4-5-7-23(22)27(24)17-19-10-8-18(2)9-11-19/h4-15,25H,3,16-17H2,1-2H3. The minimum atomic E-state index is -3.68. The second-order valence-electron chi connectivity index (χ2n) is 7.32. The van der Waals surface area contributed by atoms with Crippen LogP contribution in [0.15, 0.2) is 77.7 Å². The lowest BCUT2D eigenvalue weighted by Crippen LogP contribution is -2.25. The average molecular weight is 436 g/mol. The molecule has 0 aliphatic rings. The van der Waals surface area contributed by atoms with E-state index in [1.165, 1.54) is 5.56 Å². The van der Waals surface area contributed by atoms with Crippen LogP contribution in [-0.4, -0.2) is 24.6 Å². The number of imidazole rings is 1. The van der Waals surface area contributed by atoms with Crippen LogP contribution in [-0.2, 0) is 23.1 Å². The molecular formula is C24H25N3O3S. The van der Waals surface area contributed by atoms with Crippen molar-refractivity contribution in [1.82, 2.24) is 14.3 Å². The lowest BCUT2D eigenvalue weighted by Gasteiger charge is -2.11. The molecule has 0 radical (unpaired) electrons. The molecule has 0 aliphatic heterocycles. The fourth-order valence-electron chi connectivity index (χ4n) is 3.44. The van der Waals surface area contributed by atoms with E-state index in [0.29, 0.717) is 24.7 Å². The van der Waals surface area contributed by atoms with E-state index in [1.54, 1.807) is 24.3 Å². The van der Waals surface area contributed by atoms with E-state index >= 15 is 0 Å². The van der Waals surface area contributed by atoms with E-state index in [-0.39, 0.29) is 11.4 Å². The Balaban J connectivity index is 1.59. The van der Waals surface area contributed by atoms with Crippen LogP contribution in [0.25, 0.3) is 11.0 Å². The third-order valence-corrected chi connectivity index (χ3v) is 6.48. The zero-order valence-corrected chi connectivity index (χ0v) is 18.4. The van der Waals surface area contributed by atoms with Crippen LogP contribution < -0.4 is 9.46 Å². The number of rotatable bonds is 8. The highest BCUT2D eigenvalue weighted by Crippen LogP contribution is 2.20. The number of hydrogen-bond acceptors (Lipinski definition) is 4. The van der Waals surface area contributed by atoms with Crippen molar-refractivity contribution in [2.45, 2.75) is 31.8 Å². The summed E-state index contributed by atoms with van der Waals surface area (Å²) < 4.78 is 35.7. The van der Waals surface area contributed by atoms with Crippen molar-refractivity contribution >= 4 is 21.1 Å². The van der Waals surface area contributed by atoms with Crippen molar-refractivity contribution in [3.05, 3.63) is 89.7 Å². The molecule has 160 valence electrons. The summed E-state index contributed by atoms with van der Waals surface area (Å²) in [6, 6.07) is 22.5. The van der Waals surface area contributed by atoms with Gasteiger partial charge in [0, 0.05) is 6.54 Å². The zero-order valence-electron chi connectivity index (χ0n) is 17.6. The molecule has 0 aliphatic carbocycles. The number of sulfonamides is 1. The third-order valence-electron chi connectivity index (χ3n) is 5.06. The quantitative estimate of drug-likeness (QED) is 0.449. The van der Waals surface area contributed by atoms with Gasteiger partial charge in [-0.2, -0.15) is 0 Å². The van der Waals surface area contributed by atoms with E-state index in [4.69, 9.17) is 4.74 Å². The second kappa shape index (κ2) is 8.91. The Labute approximate surface area is 182 Å². The Kier molecular flexibility index (Phi) is 6.06. The van der Waals surface area contributed by atoms with Gasteiger partial charge >= 0.3 is 0 Å². The molecule has 1 heterocycles. The summed E-state index contributed by atoms with van der Waals surface area (Å²) in [5, 5.41) is 0. The van der Waals surface area contributed by atoms with Gasteiger partial charge in [-0.3, -0.25) is 0 Å². The van der Waals surface area contributed by atoms with Crippen LogP contribution in [0, 0.1) is 6.92 Å². The molecule has 4 aromatic rings. The first-order valence-corrected chi connectivity index (χ1v) is 11.7. The number of ether oxygens (including phenoxy) is 1. The monoisotopic (exact) mass is 435 g/mol. The normalized spacial score (nSPS) is 11.7. The molecule has 0 atom stereocenters. The molecule has 6 nitrogen and oxygen atoms in total. The highest BCUT2D eigenvalue weighted by Gasteiger charge is 2.17. The molecule has 0 amide bonds. The Bertz CT molecular complexity index is 1280. The molecule has 0 saturated carbocycles. The summed E-state index contributed by atoms with van der Waals surface area (Å²) in [6.07, 6.45) is 0. The molecule has 1 aromatic heterocycles. The Morgan fingerprint density at radius 2 is 1.68 bits per heavy atom. The number of fused-ring (bicyclic) bond motifs is 1. The van der Waals surface area contributed by atoms with Crippen LogP contribution in [0.4, 0.5) is 0 Å². The maximum atomic E-state index is 12.8. The lowest BCUT2D eigenvalue weighted by atomic mass is 10.1. The Hall–Kier alpha value is -3.16. The fourth-order valence-corrected chi connectivity index (χ4v) is 4.42. The van der Waals surface area contributed by atoms with E-state index in [0.717, 1.165) is 16.6 Å². The van der Waals surface area contributed by atoms with Crippen molar-refractivity contribution in [2.75, 3.05) is 6.61 Å². The van der Waals surface area contributed by atoms with Crippen molar-refractivity contribution < 1.29 is 13.2 Å². The maximum absolute atomic E-state index is 12.8. The molecule has 0 saturated heterocycles. The maximum Gasteiger partial charge on any atom is 0.240 e. The number of para-hydroxylation sites is 2. The summed E-state index contributed by atoms with van der Waals surface area (Å²) in [4.78, 5) is 4.87. The van der Waals surface area contributed by atoms with Gasteiger partial charge < -0.3 is 9.30 Å². The van der Waals surface area contributed by atoms with E-state index in [1.807, 2.05) is 31.2 Å². The highest BCUT2D eigenvalue weighted by molar-refractivity contribution is 7.89. The first kappa shape index (κ1) is 21.1. The summed E-state index contributed by atoms with van der Waals surface area (Å²) in [7, 11) is -3.68. The largest absolute Gasteiger partial charge is 0.494 e. The number of hydrogen-bond donors (Lipinski definition) is 1. The van der Waals surface area contributed by atoms with Gasteiger partial charge in [0.15, 0.2) is 0 Å². The van der Waals surface area contributed by atoms with Gasteiger partial charge in [-0.1, -0.05) is 42.0 Å². The van der Waals surface area contributed by atoms with Crippen molar-refractivity contribution in [3.63, 3.8) is 0 Å². The third kappa shape index (κ3) is 4.78. The summed E-state index contributed by atoms with van der Waals surface area (Å²) in [5.41, 5.74) is 4.13. The molecular weight excluding hydrogens is 410 g/mol. The van der Waals surface area contributed by atoms with Crippen LogP contribution >= 0.6 is 0 Å². The number of nitrogens with zero attached hydrogens (tertiary/aromatic N) is 2. The summed E-state index contributed by atoms with van der Waals surface area (Å²) in [6.45, 7) is 5.17. The lowest BCUT2D eigenvalue weighted by molar-refractivity contribution is 0.340. The van der Waals surface area contributed by atoms with E-state index < -0.39 is 10.0 Å². The molecule has 31 heavy (non-hydrogen) atoms. The average Bonchev–Trinajstić information content (AvgIpc) is 3.12. The predicted octanol–water partition coefficient (Wildman–Crippen LogP) is 4.27. The van der Waals surface area contributed by atoms with E-state index in [9.17, 15) is 8.42 Å². The minimum absolute atomic E-state index is 0.0933. The van der Waals surface area contributed by atoms with Crippen LogP contribution in [0.1, 0.15) is 23.9 Å². The minimum Gasteiger partial charge on any atom is -0.494 e. The number of aromatic nitrogens is 2. The molecule has 0 bridgehead atoms. The summed E-state index contributed by atoms with van der Waals surface area (Å²) in [5.74, 6) is 1.30. The van der Waals surface area contributed by atoms with Gasteiger partial charge in [0.05, 0.1) is 29.1 Å². The molecule has 1 N–H and O–H groups in total. The molecule has 3 aromatic carbocycles.